The van der Waals surface area contributed by atoms with Gasteiger partial charge in [0.05, 0.1) is 0 Å². The molecule has 20 aromatic carbocycles. The summed E-state index contributed by atoms with van der Waals surface area (Å²) in [6.07, 6.45) is 0. The second kappa shape index (κ2) is 32.0. The smallest absolute Gasteiger partial charge is 0.179 e. The van der Waals surface area contributed by atoms with E-state index < -0.39 is 16.1 Å². The maximum atomic E-state index is 6.72. The molecule has 0 fully saturated rings. The van der Waals surface area contributed by atoms with Crippen molar-refractivity contribution < 1.29 is 8.83 Å². The van der Waals surface area contributed by atoms with Crippen LogP contribution in [-0.4, -0.2) is 16.1 Å². The van der Waals surface area contributed by atoms with Crippen molar-refractivity contribution in [3.63, 3.8) is 0 Å². The van der Waals surface area contributed by atoms with Gasteiger partial charge in [0.1, 0.15) is 22.3 Å². The summed E-state index contributed by atoms with van der Waals surface area (Å²) in [5.74, 6) is 0.480. The first-order valence-electron chi connectivity index (χ1n) is 44.5. The van der Waals surface area contributed by atoms with Crippen molar-refractivity contribution in [3.05, 3.63) is 459 Å². The number of aryl methyl sites for hydroxylation is 3. The van der Waals surface area contributed by atoms with Crippen LogP contribution >= 0.6 is 0 Å². The van der Waals surface area contributed by atoms with Crippen molar-refractivity contribution in [3.8, 4) is 44.5 Å². The van der Waals surface area contributed by atoms with Crippen molar-refractivity contribution in [1.82, 2.24) is 0 Å². The van der Waals surface area contributed by atoms with Gasteiger partial charge >= 0.3 is 0 Å². The number of rotatable bonds is 20. The molecule has 4 nitrogen and oxygen atoms in total. The normalized spacial score (nSPS) is 12.0. The molecule has 0 aliphatic carbocycles. The first-order valence-corrected chi connectivity index (χ1v) is 48.5. The standard InChI is InChI=1S/C121H94N2O2Si2/c1-79(2)112-77-114(84-49-53-90(54-50-84)122(94-57-65-106-104-39-17-19-41-116(104)124-118(106)75-94)92-29-21-25-86(71-92)88-27-23-37-102(73-88)126(96-31-11-8-12-32-96,97-33-13-9-14-34-97)98-35-15-10-16-36-98)110-69-67-109-113(80(3)4)78-115(111-70-68-108(112)120(110)121(109)111)85-51-55-91(56-52-85)123(95-58-66-107-105-40-18-20-42-117(105)125-119(107)76-95)93-30-22-26-87(72-93)89-28-24-38-103(74-89)127(99-59-43-81(5)44-60-99,100-61-45-82(6)46-62-100)101-63-47-83(7)48-64-101/h8-80H,1-7H3. The predicted octanol–water partition coefficient (Wildman–Crippen LogP) is 27.9. The molecule has 2 aromatic heterocycles. The third kappa shape index (κ3) is 13.5. The molecule has 0 saturated heterocycles. The molecular formula is C121H94N2O2Si2. The zero-order valence-corrected chi connectivity index (χ0v) is 74.4. The molecule has 22 aromatic rings. The summed E-state index contributed by atoms with van der Waals surface area (Å²) in [4.78, 5) is 4.81. The van der Waals surface area contributed by atoms with Gasteiger partial charge in [-0.2, -0.15) is 0 Å². The second-order valence-corrected chi connectivity index (χ2v) is 42.8. The SMILES string of the molecule is Cc1ccc([Si](c2ccc(C)cc2)(c2ccc(C)cc2)c2cccc(-c3cccc(N(c4ccc(-c5cc(C(C)C)c6ccc7c(-c8ccc(N(c9cccc(-c%10cccc([Si](c%11ccccc%11)(c%11ccccc%11)c%11ccccc%11)c%10)c9)c9ccc%10c(c9)oc9ccccc9%10)cc8)cc(C(C)C)c8ccc5c6c78)cc4)c4ccc5c(c4)oc4ccccc45)c3)c2)cc1. The Morgan fingerprint density at radius 2 is 0.480 bits per heavy atom. The molecule has 6 heteroatoms. The van der Waals surface area contributed by atoms with Crippen LogP contribution in [0.1, 0.15) is 67.3 Å². The van der Waals surface area contributed by atoms with Crippen LogP contribution in [0, 0.1) is 20.8 Å². The topological polar surface area (TPSA) is 32.8 Å². The van der Waals surface area contributed by atoms with E-state index >= 15 is 0 Å². The van der Waals surface area contributed by atoms with Crippen LogP contribution in [0.25, 0.3) is 121 Å². The van der Waals surface area contributed by atoms with Crippen molar-refractivity contribution >= 4 is 168 Å². The quantitative estimate of drug-likeness (QED) is 0.0433. The molecule has 127 heavy (non-hydrogen) atoms. The summed E-state index contributed by atoms with van der Waals surface area (Å²) in [6.45, 7) is 16.0. The summed E-state index contributed by atoms with van der Waals surface area (Å²) in [6, 6.07) is 162. The molecule has 0 bridgehead atoms. The van der Waals surface area contributed by atoms with Gasteiger partial charge in [-0.1, -0.05) is 366 Å². The van der Waals surface area contributed by atoms with E-state index in [4.69, 9.17) is 8.83 Å². The van der Waals surface area contributed by atoms with E-state index in [1.54, 1.807) is 0 Å². The predicted molar refractivity (Wildman–Crippen MR) is 545 cm³/mol. The number of hydrogen-bond donors (Lipinski definition) is 0. The summed E-state index contributed by atoms with van der Waals surface area (Å²) in [5, 5.41) is 22.8. The number of nitrogens with zero attached hydrogens (tertiary/aromatic N) is 2. The van der Waals surface area contributed by atoms with Gasteiger partial charge < -0.3 is 18.6 Å². The fourth-order valence-electron chi connectivity index (χ4n) is 20.7. The summed E-state index contributed by atoms with van der Waals surface area (Å²) < 4.78 is 13.4. The van der Waals surface area contributed by atoms with E-state index in [1.807, 2.05) is 6.07 Å². The van der Waals surface area contributed by atoms with Gasteiger partial charge in [-0.05, 0) is 259 Å². The first-order chi connectivity index (χ1) is 62.3. The van der Waals surface area contributed by atoms with Crippen LogP contribution in [0.2, 0.25) is 0 Å². The zero-order chi connectivity index (χ0) is 85.6. The Morgan fingerprint density at radius 1 is 0.197 bits per heavy atom. The van der Waals surface area contributed by atoms with Crippen molar-refractivity contribution in [2.24, 2.45) is 0 Å². The molecule has 0 saturated carbocycles. The average molecular weight is 1660 g/mol. The molecule has 0 N–H and O–H groups in total. The molecule has 0 aliphatic rings. The van der Waals surface area contributed by atoms with Crippen molar-refractivity contribution in [1.29, 1.82) is 0 Å². The van der Waals surface area contributed by atoms with Crippen LogP contribution in [0.3, 0.4) is 0 Å². The number of hydrogen-bond acceptors (Lipinski definition) is 4. The Morgan fingerprint density at radius 3 is 0.843 bits per heavy atom. The fourth-order valence-corrected chi connectivity index (χ4v) is 30.2. The molecule has 0 unspecified atom stereocenters. The molecule has 2 heterocycles. The fraction of sp³-hybridized carbons (Fsp3) is 0.0744. The minimum absolute atomic E-state index is 0.240. The van der Waals surface area contributed by atoms with Crippen LogP contribution in [0.15, 0.2) is 440 Å². The maximum Gasteiger partial charge on any atom is 0.179 e. The third-order valence-corrected chi connectivity index (χ3v) is 36.4. The van der Waals surface area contributed by atoms with Crippen molar-refractivity contribution in [2.45, 2.75) is 60.3 Å². The monoisotopic (exact) mass is 1660 g/mol. The van der Waals surface area contributed by atoms with E-state index in [0.717, 1.165) is 111 Å². The lowest BCUT2D eigenvalue weighted by Gasteiger charge is -2.35. The molecular weight excluding hydrogens is 1570 g/mol. The number of para-hydroxylation sites is 2. The van der Waals surface area contributed by atoms with Gasteiger partial charge in [-0.3, -0.25) is 0 Å². The third-order valence-electron chi connectivity index (χ3n) is 26.9. The van der Waals surface area contributed by atoms with Crippen LogP contribution in [0.4, 0.5) is 34.1 Å². The Balaban J connectivity index is 0.653. The van der Waals surface area contributed by atoms with E-state index in [2.05, 4.69) is 483 Å². The molecule has 608 valence electrons. The van der Waals surface area contributed by atoms with Crippen LogP contribution in [-0.2, 0) is 0 Å². The molecule has 0 spiro atoms. The average Bonchev–Trinajstić information content (AvgIpc) is 1.01. The van der Waals surface area contributed by atoms with Gasteiger partial charge in [-0.15, -0.1) is 0 Å². The Kier molecular flexibility index (Phi) is 19.7. The largest absolute Gasteiger partial charge is 0.456 e. The maximum absolute atomic E-state index is 6.72. The molecule has 0 radical (unpaired) electrons. The van der Waals surface area contributed by atoms with Crippen molar-refractivity contribution in [2.75, 3.05) is 9.80 Å². The Hall–Kier alpha value is -14.9. The van der Waals surface area contributed by atoms with Gasteiger partial charge in [0.25, 0.3) is 0 Å². The summed E-state index contributed by atoms with van der Waals surface area (Å²) in [7, 11) is -5.74. The highest BCUT2D eigenvalue weighted by atomic mass is 28.3. The van der Waals surface area contributed by atoms with E-state index in [1.165, 1.54) is 113 Å². The van der Waals surface area contributed by atoms with E-state index in [-0.39, 0.29) is 11.8 Å². The summed E-state index contributed by atoms with van der Waals surface area (Å²) >= 11 is 0. The van der Waals surface area contributed by atoms with E-state index in [0.29, 0.717) is 0 Å². The van der Waals surface area contributed by atoms with Gasteiger partial charge in [0.15, 0.2) is 16.1 Å². The number of benzene rings is 20. The second-order valence-electron chi connectivity index (χ2n) is 35.2. The molecule has 0 atom stereocenters. The van der Waals surface area contributed by atoms with Crippen LogP contribution < -0.4 is 51.3 Å². The lowest BCUT2D eigenvalue weighted by Crippen LogP contribution is -2.74. The lowest BCUT2D eigenvalue weighted by atomic mass is 9.81. The Labute approximate surface area is 744 Å². The zero-order valence-electron chi connectivity index (χ0n) is 72.4. The number of furan rings is 2. The number of anilines is 6. The highest BCUT2D eigenvalue weighted by Gasteiger charge is 2.43. The van der Waals surface area contributed by atoms with Crippen LogP contribution in [0.5, 0.6) is 0 Å². The summed E-state index contributed by atoms with van der Waals surface area (Å²) in [5.41, 5.74) is 25.3. The minimum Gasteiger partial charge on any atom is -0.456 e. The highest BCUT2D eigenvalue weighted by molar-refractivity contribution is 7.20. The van der Waals surface area contributed by atoms with Gasteiger partial charge in [-0.25, -0.2) is 0 Å². The van der Waals surface area contributed by atoms with E-state index in [9.17, 15) is 0 Å². The Bertz CT molecular complexity index is 7600. The molecule has 0 aliphatic heterocycles. The van der Waals surface area contributed by atoms with Gasteiger partial charge in [0, 0.05) is 67.8 Å². The highest BCUT2D eigenvalue weighted by Crippen LogP contribution is 2.50. The first kappa shape index (κ1) is 78.1. The molecule has 22 rings (SSSR count). The van der Waals surface area contributed by atoms with Gasteiger partial charge in [0.2, 0.25) is 0 Å². The number of fused-ring (bicyclic) bond motifs is 6. The lowest BCUT2D eigenvalue weighted by molar-refractivity contribution is 0.668. The molecule has 0 amide bonds. The minimum atomic E-state index is -2.91.